The Balaban J connectivity index is 1.81. The van der Waals surface area contributed by atoms with Crippen LogP contribution in [-0.2, 0) is 26.6 Å². The monoisotopic (exact) mass is 473 g/mol. The number of para-hydroxylation sites is 1. The largest absolute Gasteiger partial charge is 0.497 e. The number of nitrogens with zero attached hydrogens (tertiary/aromatic N) is 3. The van der Waals surface area contributed by atoms with Crippen molar-refractivity contribution in [3.63, 3.8) is 0 Å². The fraction of sp³-hybridized carbons (Fsp3) is 0.292. The van der Waals surface area contributed by atoms with Crippen LogP contribution in [0.3, 0.4) is 0 Å². The summed E-state index contributed by atoms with van der Waals surface area (Å²) in [4.78, 5) is 31.9. The van der Waals surface area contributed by atoms with Gasteiger partial charge in [-0.2, -0.15) is 13.2 Å². The maximum absolute atomic E-state index is 13.4. The number of benzene rings is 2. The summed E-state index contributed by atoms with van der Waals surface area (Å²) in [7, 11) is 2.99. The van der Waals surface area contributed by atoms with Crippen LogP contribution in [0, 0.1) is 0 Å². The normalized spacial score (nSPS) is 19.0. The summed E-state index contributed by atoms with van der Waals surface area (Å²) in [5.41, 5.74) is 1.54. The number of hydrogen-bond acceptors (Lipinski definition) is 6. The molecule has 10 heteroatoms. The van der Waals surface area contributed by atoms with Gasteiger partial charge in [-0.25, -0.2) is 9.69 Å². The third-order valence-electron chi connectivity index (χ3n) is 5.81. The molecule has 1 aliphatic rings. The number of carbonyl (C=O) groups excluding carboxylic acids is 2. The van der Waals surface area contributed by atoms with Gasteiger partial charge in [0.1, 0.15) is 5.75 Å². The van der Waals surface area contributed by atoms with E-state index in [1.165, 1.54) is 36.2 Å². The molecule has 178 valence electrons. The van der Waals surface area contributed by atoms with Crippen LogP contribution in [-0.4, -0.2) is 60.1 Å². The van der Waals surface area contributed by atoms with Gasteiger partial charge in [-0.05, 0) is 43.3 Å². The summed E-state index contributed by atoms with van der Waals surface area (Å²) < 4.78 is 50.4. The number of esters is 1. The lowest BCUT2D eigenvalue weighted by atomic mass is 10.0. The van der Waals surface area contributed by atoms with Crippen molar-refractivity contribution in [1.82, 2.24) is 14.8 Å². The summed E-state index contributed by atoms with van der Waals surface area (Å²) in [5.74, 6) is -4.30. The van der Waals surface area contributed by atoms with E-state index in [9.17, 15) is 22.8 Å². The Bertz CT molecular complexity index is 1210. The van der Waals surface area contributed by atoms with Crippen LogP contribution in [0.2, 0.25) is 0 Å². The highest BCUT2D eigenvalue weighted by Crippen LogP contribution is 2.42. The SMILES string of the molecule is COc1ccc(CCN2C(=O)CN(C)C2(OC(=O)C(F)(F)F)c2ccnc3ccccc23)cc1. The first-order chi connectivity index (χ1) is 16.2. The molecular formula is C24H22F3N3O4. The van der Waals surface area contributed by atoms with Crippen LogP contribution < -0.4 is 4.74 Å². The van der Waals surface area contributed by atoms with Gasteiger partial charge in [-0.15, -0.1) is 0 Å². The second-order valence-corrected chi connectivity index (χ2v) is 7.87. The minimum absolute atomic E-state index is 0.0112. The molecule has 1 saturated heterocycles. The van der Waals surface area contributed by atoms with E-state index in [1.54, 1.807) is 48.5 Å². The van der Waals surface area contributed by atoms with Gasteiger partial charge >= 0.3 is 12.1 Å². The minimum Gasteiger partial charge on any atom is -0.497 e. The Morgan fingerprint density at radius 1 is 1.12 bits per heavy atom. The summed E-state index contributed by atoms with van der Waals surface area (Å²) in [6.07, 6.45) is -3.51. The van der Waals surface area contributed by atoms with Crippen molar-refractivity contribution in [1.29, 1.82) is 0 Å². The molecular weight excluding hydrogens is 451 g/mol. The average Bonchev–Trinajstić information content (AvgIpc) is 3.06. The molecule has 2 aromatic carbocycles. The average molecular weight is 473 g/mol. The Kier molecular flexibility index (Phi) is 6.18. The first-order valence-electron chi connectivity index (χ1n) is 10.5. The third-order valence-corrected chi connectivity index (χ3v) is 5.81. The number of ether oxygens (including phenoxy) is 2. The van der Waals surface area contributed by atoms with E-state index in [2.05, 4.69) is 4.98 Å². The Hall–Kier alpha value is -3.66. The molecule has 1 fully saturated rings. The van der Waals surface area contributed by atoms with Gasteiger partial charge in [-0.1, -0.05) is 30.3 Å². The van der Waals surface area contributed by atoms with Crippen molar-refractivity contribution in [2.24, 2.45) is 0 Å². The highest BCUT2D eigenvalue weighted by molar-refractivity contribution is 5.88. The van der Waals surface area contributed by atoms with E-state index < -0.39 is 23.9 Å². The van der Waals surface area contributed by atoms with Gasteiger partial charge in [0.15, 0.2) is 0 Å². The number of pyridine rings is 1. The first kappa shape index (κ1) is 23.5. The van der Waals surface area contributed by atoms with E-state index >= 15 is 0 Å². The van der Waals surface area contributed by atoms with Crippen molar-refractivity contribution in [2.75, 3.05) is 27.2 Å². The van der Waals surface area contributed by atoms with Gasteiger partial charge in [0, 0.05) is 23.7 Å². The topological polar surface area (TPSA) is 72.0 Å². The van der Waals surface area contributed by atoms with Crippen molar-refractivity contribution in [2.45, 2.75) is 18.4 Å². The lowest BCUT2D eigenvalue weighted by Crippen LogP contribution is -2.55. The molecule has 4 rings (SSSR count). The van der Waals surface area contributed by atoms with Crippen molar-refractivity contribution in [3.05, 3.63) is 71.9 Å². The van der Waals surface area contributed by atoms with Gasteiger partial charge in [-0.3, -0.25) is 14.7 Å². The summed E-state index contributed by atoms with van der Waals surface area (Å²) in [6, 6.07) is 15.4. The maximum atomic E-state index is 13.4. The summed E-state index contributed by atoms with van der Waals surface area (Å²) in [6.45, 7) is -0.221. The molecule has 0 spiro atoms. The first-order valence-corrected chi connectivity index (χ1v) is 10.5. The highest BCUT2D eigenvalue weighted by atomic mass is 19.4. The molecule has 0 radical (unpaired) electrons. The Morgan fingerprint density at radius 2 is 1.82 bits per heavy atom. The molecule has 3 aromatic rings. The summed E-state index contributed by atoms with van der Waals surface area (Å²) >= 11 is 0. The number of methoxy groups -OCH3 is 1. The third kappa shape index (κ3) is 4.16. The molecule has 0 aliphatic carbocycles. The lowest BCUT2D eigenvalue weighted by Gasteiger charge is -2.41. The highest BCUT2D eigenvalue weighted by Gasteiger charge is 2.58. The number of hydrogen-bond donors (Lipinski definition) is 0. The summed E-state index contributed by atoms with van der Waals surface area (Å²) in [5, 5.41) is 0.468. The molecule has 1 amide bonds. The zero-order chi connectivity index (χ0) is 24.5. The van der Waals surface area contributed by atoms with E-state index in [-0.39, 0.29) is 18.7 Å². The van der Waals surface area contributed by atoms with Gasteiger partial charge < -0.3 is 9.47 Å². The van der Waals surface area contributed by atoms with Gasteiger partial charge in [0.2, 0.25) is 5.91 Å². The second-order valence-electron chi connectivity index (χ2n) is 7.87. The van der Waals surface area contributed by atoms with Crippen LogP contribution in [0.4, 0.5) is 13.2 Å². The van der Waals surface area contributed by atoms with Crippen molar-refractivity contribution >= 4 is 22.8 Å². The van der Waals surface area contributed by atoms with E-state index in [4.69, 9.17) is 9.47 Å². The number of halogens is 3. The Morgan fingerprint density at radius 3 is 2.50 bits per heavy atom. The standard InChI is InChI=1S/C24H22F3N3O4/c1-29-15-21(31)30(14-12-16-7-9-17(33-2)10-8-16)24(29,34-22(32)23(25,26)27)19-11-13-28-20-6-4-3-5-18(19)20/h3-11,13H,12,14-15H2,1-2H3. The predicted octanol–water partition coefficient (Wildman–Crippen LogP) is 3.48. The Labute approximate surface area is 193 Å². The zero-order valence-electron chi connectivity index (χ0n) is 18.5. The van der Waals surface area contributed by atoms with Gasteiger partial charge in [0.25, 0.3) is 5.85 Å². The predicted molar refractivity (Wildman–Crippen MR) is 117 cm³/mol. The van der Waals surface area contributed by atoms with Crippen molar-refractivity contribution < 1.29 is 32.2 Å². The number of fused-ring (bicyclic) bond motifs is 1. The van der Waals surface area contributed by atoms with E-state index in [1.807, 2.05) is 0 Å². The van der Waals surface area contributed by atoms with Crippen LogP contribution in [0.1, 0.15) is 11.1 Å². The second kappa shape index (κ2) is 8.94. The number of aromatic nitrogens is 1. The molecule has 0 bridgehead atoms. The fourth-order valence-corrected chi connectivity index (χ4v) is 4.19. The molecule has 0 saturated carbocycles. The molecule has 1 aromatic heterocycles. The molecule has 1 aliphatic heterocycles. The smallest absolute Gasteiger partial charge is 0.491 e. The molecule has 1 unspecified atom stereocenters. The molecule has 7 nitrogen and oxygen atoms in total. The number of carbonyl (C=O) groups is 2. The molecule has 2 heterocycles. The van der Waals surface area contributed by atoms with Gasteiger partial charge in [0.05, 0.1) is 19.2 Å². The molecule has 34 heavy (non-hydrogen) atoms. The number of likely N-dealkylation sites (N-methyl/N-ethyl adjacent to an activating group) is 1. The van der Waals surface area contributed by atoms with E-state index in [0.29, 0.717) is 23.1 Å². The van der Waals surface area contributed by atoms with E-state index in [0.717, 1.165) is 5.56 Å². The minimum atomic E-state index is -5.25. The van der Waals surface area contributed by atoms with Crippen molar-refractivity contribution in [3.8, 4) is 5.75 Å². The fourth-order valence-electron chi connectivity index (χ4n) is 4.19. The quantitative estimate of drug-likeness (QED) is 0.511. The zero-order valence-corrected chi connectivity index (χ0v) is 18.5. The maximum Gasteiger partial charge on any atom is 0.491 e. The van der Waals surface area contributed by atoms with Crippen LogP contribution in [0.15, 0.2) is 60.8 Å². The molecule has 0 N–H and O–H groups in total. The number of amides is 1. The number of rotatable bonds is 6. The van der Waals surface area contributed by atoms with Crippen LogP contribution in [0.25, 0.3) is 10.9 Å². The van der Waals surface area contributed by atoms with Crippen LogP contribution >= 0.6 is 0 Å². The van der Waals surface area contributed by atoms with Crippen LogP contribution in [0.5, 0.6) is 5.75 Å². The number of alkyl halides is 3. The lowest BCUT2D eigenvalue weighted by molar-refractivity contribution is -0.252. The molecule has 1 atom stereocenters.